The van der Waals surface area contributed by atoms with Crippen LogP contribution in [0, 0.1) is 0 Å². The molecule has 1 heterocycles. The van der Waals surface area contributed by atoms with E-state index in [0.29, 0.717) is 13.1 Å². The number of amides is 2. The predicted octanol–water partition coefficient (Wildman–Crippen LogP) is 0.700. The molecule has 0 aromatic heterocycles. The number of methoxy groups -OCH3 is 2. The highest BCUT2D eigenvalue weighted by molar-refractivity contribution is 5.82. The zero-order valence-electron chi connectivity index (χ0n) is 12.9. The second kappa shape index (κ2) is 7.53. The van der Waals surface area contributed by atoms with Gasteiger partial charge in [0, 0.05) is 37.9 Å². The van der Waals surface area contributed by atoms with Crippen molar-refractivity contribution in [3.63, 3.8) is 0 Å². The van der Waals surface area contributed by atoms with Crippen molar-refractivity contribution in [2.45, 2.75) is 0 Å². The maximum absolute atomic E-state index is 12.0. The predicted molar refractivity (Wildman–Crippen MR) is 82.2 cm³/mol. The van der Waals surface area contributed by atoms with Crippen LogP contribution in [0.15, 0.2) is 24.3 Å². The SMILES string of the molecule is COC(=O)NCC(=O)N1CCN(c2cccc(OC)c2)CC1. The first kappa shape index (κ1) is 15.9. The summed E-state index contributed by atoms with van der Waals surface area (Å²) in [5.74, 6) is 0.717. The summed E-state index contributed by atoms with van der Waals surface area (Å²) in [6.07, 6.45) is -0.594. The quantitative estimate of drug-likeness (QED) is 0.886. The summed E-state index contributed by atoms with van der Waals surface area (Å²) in [7, 11) is 2.91. The van der Waals surface area contributed by atoms with Gasteiger partial charge in [-0.05, 0) is 12.1 Å². The molecule has 0 radical (unpaired) electrons. The van der Waals surface area contributed by atoms with Gasteiger partial charge in [0.2, 0.25) is 5.91 Å². The van der Waals surface area contributed by atoms with Gasteiger partial charge in [-0.3, -0.25) is 4.79 Å². The molecule has 1 fully saturated rings. The Morgan fingerprint density at radius 3 is 2.55 bits per heavy atom. The maximum Gasteiger partial charge on any atom is 0.407 e. The van der Waals surface area contributed by atoms with E-state index in [0.717, 1.165) is 24.5 Å². The van der Waals surface area contributed by atoms with Gasteiger partial charge in [0.15, 0.2) is 0 Å². The lowest BCUT2D eigenvalue weighted by atomic mass is 10.2. The highest BCUT2D eigenvalue weighted by Gasteiger charge is 2.21. The molecule has 0 spiro atoms. The van der Waals surface area contributed by atoms with Crippen molar-refractivity contribution in [1.82, 2.24) is 10.2 Å². The van der Waals surface area contributed by atoms with E-state index in [-0.39, 0.29) is 12.5 Å². The Balaban J connectivity index is 1.84. The first-order chi connectivity index (χ1) is 10.6. The Labute approximate surface area is 129 Å². The summed E-state index contributed by atoms with van der Waals surface area (Å²) in [5, 5.41) is 2.40. The van der Waals surface area contributed by atoms with Crippen LogP contribution < -0.4 is 15.0 Å². The number of anilines is 1. The molecule has 2 amide bonds. The fourth-order valence-corrected chi connectivity index (χ4v) is 2.35. The molecule has 1 aliphatic heterocycles. The molecule has 7 nitrogen and oxygen atoms in total. The molecule has 1 aromatic carbocycles. The fourth-order valence-electron chi connectivity index (χ4n) is 2.35. The first-order valence-electron chi connectivity index (χ1n) is 7.12. The monoisotopic (exact) mass is 307 g/mol. The molecule has 22 heavy (non-hydrogen) atoms. The molecular weight excluding hydrogens is 286 g/mol. The Morgan fingerprint density at radius 2 is 1.91 bits per heavy atom. The third-order valence-corrected chi connectivity index (χ3v) is 3.62. The van der Waals surface area contributed by atoms with Crippen LogP contribution in [-0.2, 0) is 9.53 Å². The molecule has 120 valence electrons. The molecule has 0 unspecified atom stereocenters. The van der Waals surface area contributed by atoms with Crippen molar-refractivity contribution in [3.8, 4) is 5.75 Å². The first-order valence-corrected chi connectivity index (χ1v) is 7.12. The van der Waals surface area contributed by atoms with E-state index < -0.39 is 6.09 Å². The van der Waals surface area contributed by atoms with Gasteiger partial charge in [0.25, 0.3) is 0 Å². The van der Waals surface area contributed by atoms with Crippen molar-refractivity contribution in [1.29, 1.82) is 0 Å². The van der Waals surface area contributed by atoms with Crippen LogP contribution in [0.3, 0.4) is 0 Å². The summed E-state index contributed by atoms with van der Waals surface area (Å²) in [5.41, 5.74) is 1.08. The average Bonchev–Trinajstić information content (AvgIpc) is 2.59. The van der Waals surface area contributed by atoms with Gasteiger partial charge in [-0.1, -0.05) is 6.07 Å². The number of carbonyl (C=O) groups is 2. The number of rotatable bonds is 4. The zero-order chi connectivity index (χ0) is 15.9. The topological polar surface area (TPSA) is 71.1 Å². The van der Waals surface area contributed by atoms with Gasteiger partial charge >= 0.3 is 6.09 Å². The number of ether oxygens (including phenoxy) is 2. The fraction of sp³-hybridized carbons (Fsp3) is 0.467. The van der Waals surface area contributed by atoms with E-state index in [1.807, 2.05) is 24.3 Å². The van der Waals surface area contributed by atoms with Gasteiger partial charge < -0.3 is 24.6 Å². The molecular formula is C15H21N3O4. The Bertz CT molecular complexity index is 527. The minimum absolute atomic E-state index is 0.0359. The molecule has 1 saturated heterocycles. The minimum atomic E-state index is -0.594. The molecule has 0 bridgehead atoms. The minimum Gasteiger partial charge on any atom is -0.497 e. The number of nitrogens with one attached hydrogen (secondary N) is 1. The number of alkyl carbamates (subject to hydrolysis) is 1. The van der Waals surface area contributed by atoms with E-state index in [4.69, 9.17) is 4.74 Å². The third kappa shape index (κ3) is 4.03. The Hall–Kier alpha value is -2.44. The number of benzene rings is 1. The number of piperazine rings is 1. The summed E-state index contributed by atoms with van der Waals surface area (Å²) in [4.78, 5) is 26.9. The number of hydrogen-bond acceptors (Lipinski definition) is 5. The summed E-state index contributed by atoms with van der Waals surface area (Å²) < 4.78 is 9.67. The number of carbonyl (C=O) groups excluding carboxylic acids is 2. The molecule has 0 atom stereocenters. The largest absolute Gasteiger partial charge is 0.497 e. The molecule has 1 N–H and O–H groups in total. The van der Waals surface area contributed by atoms with Crippen LogP contribution in [0.2, 0.25) is 0 Å². The van der Waals surface area contributed by atoms with Crippen LogP contribution in [-0.4, -0.2) is 63.8 Å². The van der Waals surface area contributed by atoms with Crippen molar-refractivity contribution < 1.29 is 19.1 Å². The van der Waals surface area contributed by atoms with Crippen LogP contribution in [0.5, 0.6) is 5.75 Å². The van der Waals surface area contributed by atoms with Crippen LogP contribution >= 0.6 is 0 Å². The van der Waals surface area contributed by atoms with Gasteiger partial charge in [0.1, 0.15) is 12.3 Å². The number of nitrogens with zero attached hydrogens (tertiary/aromatic N) is 2. The summed E-state index contributed by atoms with van der Waals surface area (Å²) >= 11 is 0. The smallest absolute Gasteiger partial charge is 0.407 e. The van der Waals surface area contributed by atoms with E-state index >= 15 is 0 Å². The van der Waals surface area contributed by atoms with E-state index in [1.54, 1.807) is 12.0 Å². The number of hydrogen-bond donors (Lipinski definition) is 1. The van der Waals surface area contributed by atoms with Gasteiger partial charge in [-0.15, -0.1) is 0 Å². The van der Waals surface area contributed by atoms with Crippen molar-refractivity contribution in [3.05, 3.63) is 24.3 Å². The van der Waals surface area contributed by atoms with Crippen LogP contribution in [0.4, 0.5) is 10.5 Å². The van der Waals surface area contributed by atoms with Crippen molar-refractivity contribution >= 4 is 17.7 Å². The molecule has 0 saturated carbocycles. The summed E-state index contributed by atoms with van der Waals surface area (Å²) in [6.45, 7) is 2.71. The highest BCUT2D eigenvalue weighted by atomic mass is 16.5. The zero-order valence-corrected chi connectivity index (χ0v) is 12.9. The lowest BCUT2D eigenvalue weighted by Gasteiger charge is -2.36. The third-order valence-electron chi connectivity index (χ3n) is 3.62. The van der Waals surface area contributed by atoms with Crippen LogP contribution in [0.25, 0.3) is 0 Å². The molecule has 2 rings (SSSR count). The Morgan fingerprint density at radius 1 is 1.18 bits per heavy atom. The highest BCUT2D eigenvalue weighted by Crippen LogP contribution is 2.22. The molecule has 7 heteroatoms. The van der Waals surface area contributed by atoms with Crippen molar-refractivity contribution in [2.24, 2.45) is 0 Å². The lowest BCUT2D eigenvalue weighted by Crippen LogP contribution is -2.51. The van der Waals surface area contributed by atoms with E-state index in [9.17, 15) is 9.59 Å². The van der Waals surface area contributed by atoms with Crippen molar-refractivity contribution in [2.75, 3.05) is 51.8 Å². The van der Waals surface area contributed by atoms with E-state index in [1.165, 1.54) is 7.11 Å². The van der Waals surface area contributed by atoms with Gasteiger partial charge in [-0.25, -0.2) is 4.79 Å². The molecule has 0 aliphatic carbocycles. The summed E-state index contributed by atoms with van der Waals surface area (Å²) in [6, 6.07) is 7.86. The lowest BCUT2D eigenvalue weighted by molar-refractivity contribution is -0.130. The average molecular weight is 307 g/mol. The molecule has 1 aliphatic rings. The van der Waals surface area contributed by atoms with Gasteiger partial charge in [0.05, 0.1) is 14.2 Å². The van der Waals surface area contributed by atoms with Gasteiger partial charge in [-0.2, -0.15) is 0 Å². The standard InChI is InChI=1S/C15H21N3O4/c1-21-13-5-3-4-12(10-13)17-6-8-18(9-7-17)14(19)11-16-15(20)22-2/h3-5,10H,6-9,11H2,1-2H3,(H,16,20). The van der Waals surface area contributed by atoms with Crippen LogP contribution in [0.1, 0.15) is 0 Å². The maximum atomic E-state index is 12.0. The van der Waals surface area contributed by atoms with E-state index in [2.05, 4.69) is 15.0 Å². The Kier molecular flexibility index (Phi) is 5.46. The second-order valence-electron chi connectivity index (χ2n) is 4.91. The molecule has 1 aromatic rings. The second-order valence-corrected chi connectivity index (χ2v) is 4.91. The normalized spacial score (nSPS) is 14.5.